The molecular formula is C10H11NO3. The van der Waals surface area contributed by atoms with Gasteiger partial charge in [-0.25, -0.2) is 4.79 Å². The Bertz CT molecular complexity index is 435. The van der Waals surface area contributed by atoms with Gasteiger partial charge in [-0.2, -0.15) is 0 Å². The van der Waals surface area contributed by atoms with Crippen LogP contribution in [-0.2, 0) is 4.79 Å². The number of carboxylic acid groups (broad SMARTS) is 1. The Labute approximate surface area is 80.8 Å². The average Bonchev–Trinajstić information content (AvgIpc) is 2.46. The first-order valence-electron chi connectivity index (χ1n) is 4.55. The van der Waals surface area contributed by atoms with Crippen molar-refractivity contribution in [3.63, 3.8) is 0 Å². The Morgan fingerprint density at radius 3 is 2.93 bits per heavy atom. The number of hydrogen-bond donors (Lipinski definition) is 1. The summed E-state index contributed by atoms with van der Waals surface area (Å²) >= 11 is 0. The van der Waals surface area contributed by atoms with E-state index in [-0.39, 0.29) is 11.5 Å². The summed E-state index contributed by atoms with van der Waals surface area (Å²) in [5.41, 5.74) is 0.601. The molecule has 1 aliphatic heterocycles. The van der Waals surface area contributed by atoms with Crippen LogP contribution in [0.5, 0.6) is 0 Å². The van der Waals surface area contributed by atoms with Crippen molar-refractivity contribution in [3.05, 3.63) is 34.2 Å². The van der Waals surface area contributed by atoms with Gasteiger partial charge in [0.05, 0.1) is 0 Å². The fourth-order valence-corrected chi connectivity index (χ4v) is 2.02. The first kappa shape index (κ1) is 8.99. The minimum Gasteiger partial charge on any atom is -0.480 e. The number of rotatable bonds is 1. The fraction of sp³-hybridized carbons (Fsp3) is 0.400. The number of aromatic nitrogens is 1. The summed E-state index contributed by atoms with van der Waals surface area (Å²) in [6.45, 7) is 1.94. The Kier molecular flexibility index (Phi) is 1.91. The minimum atomic E-state index is -0.927. The molecule has 74 valence electrons. The second-order valence-electron chi connectivity index (χ2n) is 3.65. The maximum atomic E-state index is 11.5. The number of fused-ring (bicyclic) bond motifs is 1. The normalized spacial score (nSPS) is 24.6. The highest BCUT2D eigenvalue weighted by Crippen LogP contribution is 2.33. The van der Waals surface area contributed by atoms with Crippen molar-refractivity contribution in [3.8, 4) is 0 Å². The first-order chi connectivity index (χ1) is 6.61. The lowest BCUT2D eigenvalue weighted by molar-refractivity contribution is -0.140. The van der Waals surface area contributed by atoms with Gasteiger partial charge >= 0.3 is 5.97 Å². The summed E-state index contributed by atoms with van der Waals surface area (Å²) in [6, 6.07) is 4.20. The van der Waals surface area contributed by atoms with Gasteiger partial charge in [0.25, 0.3) is 5.56 Å². The largest absolute Gasteiger partial charge is 0.480 e. The molecule has 0 saturated heterocycles. The van der Waals surface area contributed by atoms with Crippen LogP contribution in [0.3, 0.4) is 0 Å². The first-order valence-corrected chi connectivity index (χ1v) is 4.55. The quantitative estimate of drug-likeness (QED) is 0.723. The van der Waals surface area contributed by atoms with Gasteiger partial charge in [0.2, 0.25) is 0 Å². The summed E-state index contributed by atoms with van der Waals surface area (Å²) in [4.78, 5) is 22.4. The van der Waals surface area contributed by atoms with Gasteiger partial charge in [-0.1, -0.05) is 13.0 Å². The summed E-state index contributed by atoms with van der Waals surface area (Å²) < 4.78 is 1.38. The number of nitrogens with zero attached hydrogens (tertiary/aromatic N) is 1. The van der Waals surface area contributed by atoms with E-state index >= 15 is 0 Å². The SMILES string of the molecule is CC1C[C@@H](C(=O)O)n2c1cccc2=O. The van der Waals surface area contributed by atoms with E-state index in [4.69, 9.17) is 5.11 Å². The average molecular weight is 193 g/mol. The van der Waals surface area contributed by atoms with Gasteiger partial charge in [-0.3, -0.25) is 9.36 Å². The van der Waals surface area contributed by atoms with Crippen molar-refractivity contribution in [1.29, 1.82) is 0 Å². The van der Waals surface area contributed by atoms with Crippen molar-refractivity contribution >= 4 is 5.97 Å². The molecule has 2 atom stereocenters. The molecule has 1 N–H and O–H groups in total. The zero-order valence-corrected chi connectivity index (χ0v) is 7.80. The lowest BCUT2D eigenvalue weighted by atomic mass is 10.0. The predicted molar refractivity (Wildman–Crippen MR) is 50.4 cm³/mol. The molecule has 1 aromatic heterocycles. The molecule has 0 amide bonds. The molecule has 2 heterocycles. The van der Waals surface area contributed by atoms with Gasteiger partial charge in [0.1, 0.15) is 6.04 Å². The second kappa shape index (κ2) is 2.97. The number of aliphatic carboxylic acids is 1. The number of pyridine rings is 1. The van der Waals surface area contributed by atoms with E-state index in [2.05, 4.69) is 0 Å². The van der Waals surface area contributed by atoms with Crippen molar-refractivity contribution in [2.45, 2.75) is 25.3 Å². The zero-order valence-electron chi connectivity index (χ0n) is 7.80. The van der Waals surface area contributed by atoms with E-state index in [1.807, 2.05) is 13.0 Å². The Morgan fingerprint density at radius 1 is 1.57 bits per heavy atom. The lowest BCUT2D eigenvalue weighted by Crippen LogP contribution is -2.26. The number of carbonyl (C=O) groups is 1. The summed E-state index contributed by atoms with van der Waals surface area (Å²) in [5, 5.41) is 8.94. The molecule has 1 aliphatic rings. The summed E-state index contributed by atoms with van der Waals surface area (Å²) in [6.07, 6.45) is 0.509. The molecule has 14 heavy (non-hydrogen) atoms. The molecule has 0 saturated carbocycles. The van der Waals surface area contributed by atoms with Crippen molar-refractivity contribution < 1.29 is 9.90 Å². The third kappa shape index (κ3) is 1.14. The molecule has 0 bridgehead atoms. The molecule has 4 nitrogen and oxygen atoms in total. The van der Waals surface area contributed by atoms with Gasteiger partial charge < -0.3 is 5.11 Å². The Balaban J connectivity index is 2.62. The Hall–Kier alpha value is -1.58. The predicted octanol–water partition coefficient (Wildman–Crippen LogP) is 0.981. The van der Waals surface area contributed by atoms with Crippen molar-refractivity contribution in [2.24, 2.45) is 0 Å². The number of carboxylic acids is 1. The highest BCUT2D eigenvalue weighted by molar-refractivity contribution is 5.72. The van der Waals surface area contributed by atoms with E-state index < -0.39 is 12.0 Å². The van der Waals surface area contributed by atoms with E-state index in [1.54, 1.807) is 6.07 Å². The lowest BCUT2D eigenvalue weighted by Gasteiger charge is -2.08. The van der Waals surface area contributed by atoms with Gasteiger partial charge in [0.15, 0.2) is 0 Å². The van der Waals surface area contributed by atoms with Crippen molar-refractivity contribution in [1.82, 2.24) is 4.57 Å². The highest BCUT2D eigenvalue weighted by Gasteiger charge is 2.33. The molecule has 0 aromatic carbocycles. The van der Waals surface area contributed by atoms with Gasteiger partial charge in [-0.05, 0) is 18.4 Å². The molecule has 0 spiro atoms. The standard InChI is InChI=1S/C10H11NO3/c1-6-5-8(10(13)14)11-7(6)3-2-4-9(11)12/h2-4,6,8H,5H2,1H3,(H,13,14)/t6?,8-/m0/s1. The third-order valence-corrected chi connectivity index (χ3v) is 2.70. The van der Waals surface area contributed by atoms with Gasteiger partial charge in [0, 0.05) is 11.8 Å². The summed E-state index contributed by atoms with van der Waals surface area (Å²) in [7, 11) is 0. The number of hydrogen-bond acceptors (Lipinski definition) is 2. The topological polar surface area (TPSA) is 59.3 Å². The van der Waals surface area contributed by atoms with E-state index in [0.717, 1.165) is 5.69 Å². The maximum Gasteiger partial charge on any atom is 0.326 e. The maximum absolute atomic E-state index is 11.5. The van der Waals surface area contributed by atoms with Crippen LogP contribution in [0.25, 0.3) is 0 Å². The van der Waals surface area contributed by atoms with Crippen LogP contribution in [0.15, 0.2) is 23.0 Å². The van der Waals surface area contributed by atoms with E-state index in [9.17, 15) is 9.59 Å². The van der Waals surface area contributed by atoms with Crippen molar-refractivity contribution in [2.75, 3.05) is 0 Å². The molecule has 0 aliphatic carbocycles. The minimum absolute atomic E-state index is 0.144. The highest BCUT2D eigenvalue weighted by atomic mass is 16.4. The van der Waals surface area contributed by atoms with E-state index in [1.165, 1.54) is 10.6 Å². The van der Waals surface area contributed by atoms with Crippen LogP contribution in [-0.4, -0.2) is 15.6 Å². The molecule has 4 heteroatoms. The van der Waals surface area contributed by atoms with Crippen LogP contribution in [0.4, 0.5) is 0 Å². The zero-order chi connectivity index (χ0) is 10.3. The molecule has 0 radical (unpaired) electrons. The molecule has 1 unspecified atom stereocenters. The van der Waals surface area contributed by atoms with Crippen LogP contribution in [0.2, 0.25) is 0 Å². The molecule has 1 aromatic rings. The van der Waals surface area contributed by atoms with Crippen LogP contribution in [0.1, 0.15) is 31.0 Å². The monoisotopic (exact) mass is 193 g/mol. The smallest absolute Gasteiger partial charge is 0.326 e. The molecule has 0 fully saturated rings. The summed E-state index contributed by atoms with van der Waals surface area (Å²) in [5.74, 6) is -0.783. The van der Waals surface area contributed by atoms with Gasteiger partial charge in [-0.15, -0.1) is 0 Å². The Morgan fingerprint density at radius 2 is 2.29 bits per heavy atom. The molecule has 2 rings (SSSR count). The van der Waals surface area contributed by atoms with Crippen LogP contribution in [0, 0.1) is 0 Å². The molecular weight excluding hydrogens is 182 g/mol. The second-order valence-corrected chi connectivity index (χ2v) is 3.65. The van der Waals surface area contributed by atoms with E-state index in [0.29, 0.717) is 6.42 Å². The van der Waals surface area contributed by atoms with Crippen LogP contribution < -0.4 is 5.56 Å². The third-order valence-electron chi connectivity index (χ3n) is 2.70. The fourth-order valence-electron chi connectivity index (χ4n) is 2.02. The van der Waals surface area contributed by atoms with Crippen LogP contribution >= 0.6 is 0 Å².